The number of nitro benzene ring substituents is 1. The molecule has 0 spiro atoms. The zero-order valence-electron chi connectivity index (χ0n) is 15.2. The molecule has 0 unspecified atom stereocenters. The normalized spacial score (nSPS) is 28.8. The maximum Gasteiger partial charge on any atom is 0.320 e. The first-order valence-corrected chi connectivity index (χ1v) is 9.24. The maximum atomic E-state index is 12.9. The molecule has 2 fully saturated rings. The van der Waals surface area contributed by atoms with Crippen LogP contribution in [0.1, 0.15) is 19.8 Å². The van der Waals surface area contributed by atoms with Crippen LogP contribution < -0.4 is 10.6 Å². The number of urea groups is 1. The fraction of sp³-hybridized carbons (Fsp3) is 0.421. The van der Waals surface area contributed by atoms with Crippen LogP contribution in [0.25, 0.3) is 0 Å². The summed E-state index contributed by atoms with van der Waals surface area (Å²) in [5.41, 5.74) is 0.0942. The van der Waals surface area contributed by atoms with Gasteiger partial charge in [-0.25, -0.2) is 4.79 Å². The molecule has 0 radical (unpaired) electrons. The van der Waals surface area contributed by atoms with E-state index >= 15 is 0 Å². The molecule has 4 amide bonds. The molecule has 5 rings (SSSR count). The van der Waals surface area contributed by atoms with E-state index in [1.807, 2.05) is 12.2 Å². The van der Waals surface area contributed by atoms with Crippen LogP contribution in [-0.4, -0.2) is 33.8 Å². The lowest BCUT2D eigenvalue weighted by Crippen LogP contribution is -2.50. The van der Waals surface area contributed by atoms with Gasteiger partial charge in [0.05, 0.1) is 16.8 Å². The minimum absolute atomic E-state index is 0.0855. The van der Waals surface area contributed by atoms with Crippen LogP contribution in [-0.2, 0) is 9.59 Å². The summed E-state index contributed by atoms with van der Waals surface area (Å²) in [6.07, 6.45) is 5.08. The molecule has 1 aliphatic heterocycles. The highest BCUT2D eigenvalue weighted by Gasteiger charge is 2.57. The number of rotatable bonds is 4. The van der Waals surface area contributed by atoms with E-state index in [4.69, 9.17) is 0 Å². The van der Waals surface area contributed by atoms with E-state index in [1.54, 1.807) is 6.92 Å². The molecule has 5 atom stereocenters. The highest BCUT2D eigenvalue weighted by molar-refractivity contribution is 6.06. The molecular formula is C19H20N4O5. The highest BCUT2D eigenvalue weighted by atomic mass is 16.6. The second-order valence-electron chi connectivity index (χ2n) is 7.47. The van der Waals surface area contributed by atoms with Crippen LogP contribution in [0.5, 0.6) is 0 Å². The average molecular weight is 384 g/mol. The molecule has 1 saturated heterocycles. The largest absolute Gasteiger partial charge is 0.320 e. The maximum absolute atomic E-state index is 12.9. The van der Waals surface area contributed by atoms with E-state index < -0.39 is 17.1 Å². The van der Waals surface area contributed by atoms with Crippen molar-refractivity contribution in [2.45, 2.75) is 25.9 Å². The van der Waals surface area contributed by atoms with Gasteiger partial charge in [-0.15, -0.1) is 0 Å². The van der Waals surface area contributed by atoms with Crippen molar-refractivity contribution in [1.82, 2.24) is 10.2 Å². The van der Waals surface area contributed by atoms with Gasteiger partial charge >= 0.3 is 6.03 Å². The highest BCUT2D eigenvalue weighted by Crippen LogP contribution is 2.49. The smallest absolute Gasteiger partial charge is 0.317 e. The standard InChI is InChI=1S/C19H20N4O5/c1-10(20-19(26)21-13-3-2-4-14(9-13)23(27)28)22-17(24)15-11-5-6-12(8-7-11)16(15)18(22)25/h2-6,9-12,15-16H,7-8H2,1H3,(H2,20,21,26)/t10-,11+,12+,15-,16+/m1/s1. The number of likely N-dealkylation sites (tertiary alicyclic amines) is 1. The van der Waals surface area contributed by atoms with Crippen LogP contribution in [0.3, 0.4) is 0 Å². The third-order valence-electron chi connectivity index (χ3n) is 5.84. The van der Waals surface area contributed by atoms with Gasteiger partial charge in [-0.1, -0.05) is 18.2 Å². The number of fused-ring (bicyclic) bond motifs is 1. The molecule has 1 aromatic rings. The van der Waals surface area contributed by atoms with Crippen molar-refractivity contribution >= 4 is 29.2 Å². The van der Waals surface area contributed by atoms with Crippen molar-refractivity contribution in [1.29, 1.82) is 0 Å². The number of hydrogen-bond acceptors (Lipinski definition) is 5. The van der Waals surface area contributed by atoms with Gasteiger partial charge in [0.1, 0.15) is 6.17 Å². The van der Waals surface area contributed by atoms with Crippen LogP contribution >= 0.6 is 0 Å². The number of benzene rings is 1. The molecule has 4 aliphatic rings. The number of nitro groups is 1. The number of carbonyl (C=O) groups excluding carboxylic acids is 3. The van der Waals surface area contributed by atoms with Gasteiger partial charge in [0.25, 0.3) is 5.69 Å². The van der Waals surface area contributed by atoms with Crippen molar-refractivity contribution in [3.8, 4) is 0 Å². The first-order chi connectivity index (χ1) is 13.4. The quantitative estimate of drug-likeness (QED) is 0.357. The molecule has 0 aromatic heterocycles. The Hall–Kier alpha value is -3.23. The minimum Gasteiger partial charge on any atom is -0.317 e. The number of amides is 4. The first-order valence-electron chi connectivity index (χ1n) is 9.24. The number of allylic oxidation sites excluding steroid dienone is 2. The number of anilines is 1. The zero-order chi connectivity index (χ0) is 20.0. The van der Waals surface area contributed by atoms with Crippen LogP contribution in [0.4, 0.5) is 16.2 Å². The van der Waals surface area contributed by atoms with Crippen molar-refractivity contribution in [2.75, 3.05) is 5.32 Å². The molecule has 3 aliphatic carbocycles. The van der Waals surface area contributed by atoms with Crippen molar-refractivity contribution < 1.29 is 19.3 Å². The third-order valence-corrected chi connectivity index (χ3v) is 5.84. The van der Waals surface area contributed by atoms with Gasteiger partial charge < -0.3 is 10.6 Å². The van der Waals surface area contributed by atoms with Crippen LogP contribution in [0.15, 0.2) is 36.4 Å². The molecule has 146 valence electrons. The molecular weight excluding hydrogens is 364 g/mol. The second-order valence-corrected chi connectivity index (χ2v) is 7.47. The Kier molecular flexibility index (Phi) is 4.37. The number of hydrogen-bond donors (Lipinski definition) is 2. The van der Waals surface area contributed by atoms with Gasteiger partial charge in [0.15, 0.2) is 0 Å². The van der Waals surface area contributed by atoms with Crippen molar-refractivity contribution in [3.63, 3.8) is 0 Å². The summed E-state index contributed by atoms with van der Waals surface area (Å²) >= 11 is 0. The summed E-state index contributed by atoms with van der Waals surface area (Å²) in [5, 5.41) is 15.9. The van der Waals surface area contributed by atoms with Gasteiger partial charge in [-0.05, 0) is 37.7 Å². The van der Waals surface area contributed by atoms with Crippen molar-refractivity contribution in [2.24, 2.45) is 23.7 Å². The van der Waals surface area contributed by atoms with Gasteiger partial charge in [-0.3, -0.25) is 24.6 Å². The summed E-state index contributed by atoms with van der Waals surface area (Å²) in [5.74, 6) is -0.972. The minimum atomic E-state index is -0.816. The van der Waals surface area contributed by atoms with E-state index in [0.717, 1.165) is 17.7 Å². The lowest BCUT2D eigenvalue weighted by molar-refractivity contribution is -0.384. The first kappa shape index (κ1) is 18.1. The van der Waals surface area contributed by atoms with Gasteiger partial charge in [0.2, 0.25) is 11.8 Å². The summed E-state index contributed by atoms with van der Waals surface area (Å²) in [7, 11) is 0. The number of non-ortho nitro benzene ring substituents is 1. The van der Waals surface area contributed by atoms with Gasteiger partial charge in [0, 0.05) is 17.8 Å². The number of carbonyl (C=O) groups is 3. The predicted molar refractivity (Wildman–Crippen MR) is 98.9 cm³/mol. The third kappa shape index (κ3) is 2.92. The van der Waals surface area contributed by atoms with E-state index in [9.17, 15) is 24.5 Å². The Bertz CT molecular complexity index is 866. The van der Waals surface area contributed by atoms with Crippen LogP contribution in [0.2, 0.25) is 0 Å². The molecule has 9 heteroatoms. The summed E-state index contributed by atoms with van der Waals surface area (Å²) in [6, 6.07) is 4.87. The molecule has 1 aromatic carbocycles. The fourth-order valence-electron chi connectivity index (χ4n) is 4.60. The number of nitrogens with zero attached hydrogens (tertiary/aromatic N) is 2. The lowest BCUT2D eigenvalue weighted by Gasteiger charge is -2.38. The molecule has 2 N–H and O–H groups in total. The Morgan fingerprint density at radius 2 is 1.79 bits per heavy atom. The van der Waals surface area contributed by atoms with E-state index in [-0.39, 0.29) is 46.9 Å². The lowest BCUT2D eigenvalue weighted by atomic mass is 9.63. The molecule has 1 heterocycles. The molecule has 9 nitrogen and oxygen atoms in total. The Labute approximate surface area is 160 Å². The second kappa shape index (κ2) is 6.74. The summed E-state index contributed by atoms with van der Waals surface area (Å²) in [4.78, 5) is 49.4. The van der Waals surface area contributed by atoms with E-state index in [1.165, 1.54) is 24.3 Å². The SMILES string of the molecule is C[C@H](NC(=O)Nc1cccc([N+](=O)[O-])c1)N1C(=O)[C@@H]2[C@H](C1=O)[C@H]1C=C[C@H]2CC1. The Balaban J connectivity index is 1.44. The topological polar surface area (TPSA) is 122 Å². The molecule has 2 bridgehead atoms. The fourth-order valence-corrected chi connectivity index (χ4v) is 4.60. The van der Waals surface area contributed by atoms with E-state index in [2.05, 4.69) is 10.6 Å². The monoisotopic (exact) mass is 384 g/mol. The van der Waals surface area contributed by atoms with Gasteiger partial charge in [-0.2, -0.15) is 0 Å². The molecule has 1 saturated carbocycles. The molecule has 28 heavy (non-hydrogen) atoms. The van der Waals surface area contributed by atoms with Crippen LogP contribution in [0, 0.1) is 33.8 Å². The Morgan fingerprint density at radius 1 is 1.18 bits per heavy atom. The van der Waals surface area contributed by atoms with E-state index in [0.29, 0.717) is 0 Å². The summed E-state index contributed by atoms with van der Waals surface area (Å²) < 4.78 is 0. The zero-order valence-corrected chi connectivity index (χ0v) is 15.2. The average Bonchev–Trinajstić information content (AvgIpc) is 2.95. The number of nitrogens with one attached hydrogen (secondary N) is 2. The predicted octanol–water partition coefficient (Wildman–Crippen LogP) is 2.26. The Morgan fingerprint density at radius 3 is 2.32 bits per heavy atom. The summed E-state index contributed by atoms with van der Waals surface area (Å²) in [6.45, 7) is 1.58. The van der Waals surface area contributed by atoms with Crippen molar-refractivity contribution in [3.05, 3.63) is 46.5 Å². The number of imide groups is 1.